The Morgan fingerprint density at radius 1 is 1.12 bits per heavy atom. The minimum Gasteiger partial charge on any atom is -0.389 e. The Balaban J connectivity index is 2.36. The fraction of sp³-hybridized carbons (Fsp3) is 0.357. The molecule has 3 heteroatoms. The van der Waals surface area contributed by atoms with E-state index in [1.54, 1.807) is 11.3 Å². The predicted octanol–water partition coefficient (Wildman–Crippen LogP) is 4.00. The van der Waals surface area contributed by atoms with Gasteiger partial charge >= 0.3 is 0 Å². The zero-order chi connectivity index (χ0) is 12.6. The Kier molecular flexibility index (Phi) is 2.96. The fourth-order valence-electron chi connectivity index (χ4n) is 1.64. The van der Waals surface area contributed by atoms with Crippen molar-refractivity contribution in [3.8, 4) is 10.6 Å². The van der Waals surface area contributed by atoms with Crippen LogP contribution in [0.5, 0.6) is 0 Å². The molecule has 2 nitrogen and oxygen atoms in total. The van der Waals surface area contributed by atoms with Crippen molar-refractivity contribution in [1.29, 1.82) is 0 Å². The van der Waals surface area contributed by atoms with Gasteiger partial charge in [-0.1, -0.05) is 56.4 Å². The van der Waals surface area contributed by atoms with Gasteiger partial charge in [-0.05, 0) is 17.9 Å². The molecule has 0 unspecified atom stereocenters. The second-order valence-corrected chi connectivity index (χ2v) is 6.33. The lowest BCUT2D eigenvalue weighted by Gasteiger charge is -2.18. The number of benzene rings is 1. The van der Waals surface area contributed by atoms with E-state index in [2.05, 4.69) is 50.0 Å². The van der Waals surface area contributed by atoms with E-state index in [1.807, 2.05) is 6.92 Å². The van der Waals surface area contributed by atoms with Gasteiger partial charge in [0, 0.05) is 5.56 Å². The van der Waals surface area contributed by atoms with Gasteiger partial charge in [0.1, 0.15) is 10.0 Å². The summed E-state index contributed by atoms with van der Waals surface area (Å²) >= 11 is 1.55. The quantitative estimate of drug-likeness (QED) is 0.826. The number of hydrogen-bond donors (Lipinski definition) is 1. The summed E-state index contributed by atoms with van der Waals surface area (Å²) in [5, 5.41) is 1.81. The van der Waals surface area contributed by atoms with Crippen molar-refractivity contribution in [3.05, 3.63) is 35.5 Å². The van der Waals surface area contributed by atoms with Gasteiger partial charge in [-0.2, -0.15) is 0 Å². The van der Waals surface area contributed by atoms with Crippen LogP contribution in [0.2, 0.25) is 0 Å². The molecule has 17 heavy (non-hydrogen) atoms. The van der Waals surface area contributed by atoms with E-state index in [4.69, 9.17) is 5.73 Å². The van der Waals surface area contributed by atoms with E-state index in [9.17, 15) is 0 Å². The first-order valence-corrected chi connectivity index (χ1v) is 6.53. The van der Waals surface area contributed by atoms with E-state index < -0.39 is 0 Å². The summed E-state index contributed by atoms with van der Waals surface area (Å²) < 4.78 is 0. The number of nitrogens with two attached hydrogens (primary N) is 1. The highest BCUT2D eigenvalue weighted by Gasteiger charge is 2.14. The van der Waals surface area contributed by atoms with Crippen LogP contribution in [0.4, 0.5) is 5.00 Å². The van der Waals surface area contributed by atoms with Gasteiger partial charge in [0.25, 0.3) is 0 Å². The van der Waals surface area contributed by atoms with Crippen LogP contribution in [0.3, 0.4) is 0 Å². The summed E-state index contributed by atoms with van der Waals surface area (Å²) in [7, 11) is 0. The molecule has 2 N–H and O–H groups in total. The van der Waals surface area contributed by atoms with Crippen molar-refractivity contribution >= 4 is 16.3 Å². The predicted molar refractivity (Wildman–Crippen MR) is 75.4 cm³/mol. The molecule has 0 aliphatic rings. The van der Waals surface area contributed by atoms with Crippen molar-refractivity contribution in [2.24, 2.45) is 0 Å². The summed E-state index contributed by atoms with van der Waals surface area (Å²) in [6, 6.07) is 8.58. The highest BCUT2D eigenvalue weighted by molar-refractivity contribution is 7.18. The monoisotopic (exact) mass is 246 g/mol. The normalized spacial score (nSPS) is 11.8. The molecular weight excluding hydrogens is 228 g/mol. The molecule has 0 saturated heterocycles. The maximum atomic E-state index is 5.83. The molecule has 0 fully saturated rings. The van der Waals surface area contributed by atoms with Gasteiger partial charge in [-0.25, -0.2) is 4.98 Å². The van der Waals surface area contributed by atoms with Crippen LogP contribution in [0.15, 0.2) is 24.3 Å². The van der Waals surface area contributed by atoms with Crippen LogP contribution in [-0.2, 0) is 5.41 Å². The molecule has 0 aliphatic heterocycles. The van der Waals surface area contributed by atoms with Crippen molar-refractivity contribution in [1.82, 2.24) is 4.98 Å². The van der Waals surface area contributed by atoms with E-state index in [-0.39, 0.29) is 5.41 Å². The van der Waals surface area contributed by atoms with Gasteiger partial charge in [-0.3, -0.25) is 0 Å². The Morgan fingerprint density at radius 3 is 2.12 bits per heavy atom. The molecule has 0 bridgehead atoms. The van der Waals surface area contributed by atoms with Crippen LogP contribution >= 0.6 is 11.3 Å². The lowest BCUT2D eigenvalue weighted by atomic mass is 9.87. The summed E-state index contributed by atoms with van der Waals surface area (Å²) in [5.74, 6) is 0. The molecule has 1 heterocycles. The molecule has 0 radical (unpaired) electrons. The zero-order valence-corrected chi connectivity index (χ0v) is 11.6. The first-order chi connectivity index (χ1) is 7.88. The maximum absolute atomic E-state index is 5.83. The van der Waals surface area contributed by atoms with Crippen molar-refractivity contribution < 1.29 is 0 Å². The Hall–Kier alpha value is -1.35. The summed E-state index contributed by atoms with van der Waals surface area (Å²) in [6.07, 6.45) is 0. The van der Waals surface area contributed by atoms with E-state index in [1.165, 1.54) is 5.56 Å². The van der Waals surface area contributed by atoms with Gasteiger partial charge in [0.05, 0.1) is 5.69 Å². The highest BCUT2D eigenvalue weighted by atomic mass is 32.1. The summed E-state index contributed by atoms with van der Waals surface area (Å²) in [6.45, 7) is 8.59. The third-order valence-corrected chi connectivity index (χ3v) is 3.87. The number of aromatic nitrogens is 1. The summed E-state index contributed by atoms with van der Waals surface area (Å²) in [5.41, 5.74) is 9.42. The largest absolute Gasteiger partial charge is 0.389 e. The SMILES string of the molecule is Cc1nc(-c2ccc(C(C)(C)C)cc2)sc1N. The number of nitrogens with zero attached hydrogens (tertiary/aromatic N) is 1. The number of rotatable bonds is 1. The number of thiazole rings is 1. The average Bonchev–Trinajstić information content (AvgIpc) is 2.58. The first kappa shape index (κ1) is 12.1. The molecule has 0 amide bonds. The second-order valence-electron chi connectivity index (χ2n) is 5.30. The molecule has 0 atom stereocenters. The standard InChI is InChI=1S/C14H18N2S/c1-9-12(15)17-13(16-9)10-5-7-11(8-6-10)14(2,3)4/h5-8H,15H2,1-4H3. The van der Waals surface area contributed by atoms with Crippen LogP contribution in [0.1, 0.15) is 32.0 Å². The molecule has 0 aliphatic carbocycles. The van der Waals surface area contributed by atoms with Crippen LogP contribution in [0.25, 0.3) is 10.6 Å². The maximum Gasteiger partial charge on any atom is 0.125 e. The van der Waals surface area contributed by atoms with E-state index in [0.717, 1.165) is 21.3 Å². The van der Waals surface area contributed by atoms with Crippen LogP contribution in [0, 0.1) is 6.92 Å². The molecular formula is C14H18N2S. The highest BCUT2D eigenvalue weighted by Crippen LogP contribution is 2.31. The van der Waals surface area contributed by atoms with Crippen molar-refractivity contribution in [2.75, 3.05) is 5.73 Å². The summed E-state index contributed by atoms with van der Waals surface area (Å²) in [4.78, 5) is 4.47. The van der Waals surface area contributed by atoms with Crippen molar-refractivity contribution in [2.45, 2.75) is 33.1 Å². The third-order valence-electron chi connectivity index (χ3n) is 2.83. The average molecular weight is 246 g/mol. The molecule has 2 aromatic rings. The third kappa shape index (κ3) is 2.50. The Bertz CT molecular complexity index is 499. The van der Waals surface area contributed by atoms with Crippen LogP contribution < -0.4 is 5.73 Å². The Labute approximate surface area is 107 Å². The number of nitrogen functional groups attached to an aromatic ring is 1. The molecule has 0 spiro atoms. The minimum absolute atomic E-state index is 0.191. The smallest absolute Gasteiger partial charge is 0.125 e. The number of aryl methyl sites for hydroxylation is 1. The molecule has 1 aromatic carbocycles. The van der Waals surface area contributed by atoms with Gasteiger partial charge in [-0.15, -0.1) is 0 Å². The molecule has 1 aromatic heterocycles. The second kappa shape index (κ2) is 4.15. The zero-order valence-electron chi connectivity index (χ0n) is 10.7. The molecule has 0 saturated carbocycles. The number of anilines is 1. The molecule has 2 rings (SSSR count). The van der Waals surface area contributed by atoms with Crippen molar-refractivity contribution in [3.63, 3.8) is 0 Å². The van der Waals surface area contributed by atoms with Gasteiger partial charge < -0.3 is 5.73 Å². The minimum atomic E-state index is 0.191. The van der Waals surface area contributed by atoms with E-state index in [0.29, 0.717) is 0 Å². The van der Waals surface area contributed by atoms with Gasteiger partial charge in [0.2, 0.25) is 0 Å². The first-order valence-electron chi connectivity index (χ1n) is 5.72. The fourth-order valence-corrected chi connectivity index (χ4v) is 2.48. The van der Waals surface area contributed by atoms with Crippen LogP contribution in [-0.4, -0.2) is 4.98 Å². The Morgan fingerprint density at radius 2 is 1.71 bits per heavy atom. The lowest BCUT2D eigenvalue weighted by Crippen LogP contribution is -2.10. The topological polar surface area (TPSA) is 38.9 Å². The molecule has 90 valence electrons. The number of hydrogen-bond acceptors (Lipinski definition) is 3. The van der Waals surface area contributed by atoms with Gasteiger partial charge in [0.15, 0.2) is 0 Å². The lowest BCUT2D eigenvalue weighted by molar-refractivity contribution is 0.590. The van der Waals surface area contributed by atoms with E-state index >= 15 is 0 Å².